The van der Waals surface area contributed by atoms with Gasteiger partial charge in [-0.2, -0.15) is 0 Å². The van der Waals surface area contributed by atoms with E-state index in [4.69, 9.17) is 5.84 Å². The Hall–Kier alpha value is -2.14. The predicted molar refractivity (Wildman–Crippen MR) is 83.0 cm³/mol. The number of nitrogen functional groups attached to an aromatic ring is 1. The van der Waals surface area contributed by atoms with Gasteiger partial charge in [-0.25, -0.2) is 15.8 Å². The van der Waals surface area contributed by atoms with Gasteiger partial charge in [0.2, 0.25) is 0 Å². The third-order valence-corrected chi connectivity index (χ3v) is 3.07. The molecule has 0 saturated carbocycles. The summed E-state index contributed by atoms with van der Waals surface area (Å²) in [5, 5.41) is 3.37. The third-order valence-electron chi connectivity index (χ3n) is 3.07. The Balaban J connectivity index is 2.37. The molecule has 1 heterocycles. The number of hydrazine groups is 1. The number of benzene rings is 1. The highest BCUT2D eigenvalue weighted by molar-refractivity contribution is 5.65. The molecule has 106 valence electrons. The zero-order valence-electron chi connectivity index (χ0n) is 12.2. The van der Waals surface area contributed by atoms with Crippen molar-refractivity contribution in [2.24, 2.45) is 5.84 Å². The van der Waals surface area contributed by atoms with Crippen molar-refractivity contribution in [3.63, 3.8) is 0 Å². The van der Waals surface area contributed by atoms with Crippen LogP contribution in [0, 0.1) is 13.8 Å². The summed E-state index contributed by atoms with van der Waals surface area (Å²) in [6.07, 6.45) is 3.39. The lowest BCUT2D eigenvalue weighted by Gasteiger charge is -2.14. The van der Waals surface area contributed by atoms with Crippen LogP contribution in [0.1, 0.15) is 30.0 Å². The van der Waals surface area contributed by atoms with Crippen molar-refractivity contribution in [2.45, 2.75) is 33.6 Å². The number of nitrogens with one attached hydrogen (secondary N) is 2. The van der Waals surface area contributed by atoms with Crippen molar-refractivity contribution in [1.82, 2.24) is 9.97 Å². The maximum atomic E-state index is 5.52. The van der Waals surface area contributed by atoms with Crippen LogP contribution in [0.4, 0.5) is 17.3 Å². The van der Waals surface area contributed by atoms with Gasteiger partial charge < -0.3 is 10.7 Å². The van der Waals surface area contributed by atoms with Crippen LogP contribution >= 0.6 is 0 Å². The molecule has 1 aromatic heterocycles. The van der Waals surface area contributed by atoms with Gasteiger partial charge in [-0.15, -0.1) is 0 Å². The summed E-state index contributed by atoms with van der Waals surface area (Å²) in [5.41, 5.74) is 7.11. The minimum Gasteiger partial charge on any atom is -0.340 e. The van der Waals surface area contributed by atoms with Crippen molar-refractivity contribution in [2.75, 3.05) is 10.7 Å². The van der Waals surface area contributed by atoms with Crippen LogP contribution in [-0.4, -0.2) is 9.97 Å². The highest BCUT2D eigenvalue weighted by Crippen LogP contribution is 2.25. The molecule has 5 heteroatoms. The molecule has 0 radical (unpaired) electrons. The Morgan fingerprint density at radius 3 is 2.30 bits per heavy atom. The highest BCUT2D eigenvalue weighted by Gasteiger charge is 2.10. The van der Waals surface area contributed by atoms with Gasteiger partial charge >= 0.3 is 0 Å². The third kappa shape index (κ3) is 3.24. The molecule has 0 saturated heterocycles. The molecule has 0 fully saturated rings. The minimum atomic E-state index is 0.675. The van der Waals surface area contributed by atoms with Gasteiger partial charge in [0, 0.05) is 11.3 Å². The number of anilines is 3. The average Bonchev–Trinajstić information content (AvgIpc) is 2.39. The van der Waals surface area contributed by atoms with Gasteiger partial charge in [0.1, 0.15) is 18.0 Å². The summed E-state index contributed by atoms with van der Waals surface area (Å²) in [6.45, 7) is 6.28. The zero-order valence-corrected chi connectivity index (χ0v) is 12.2. The first-order chi connectivity index (χ1) is 9.63. The van der Waals surface area contributed by atoms with E-state index in [0.717, 1.165) is 29.9 Å². The quantitative estimate of drug-likeness (QED) is 0.575. The Morgan fingerprint density at radius 1 is 1.05 bits per heavy atom. The molecule has 4 N–H and O–H groups in total. The van der Waals surface area contributed by atoms with E-state index in [-0.39, 0.29) is 0 Å². The second-order valence-electron chi connectivity index (χ2n) is 4.95. The molecular weight excluding hydrogens is 250 g/mol. The molecule has 2 aromatic rings. The Morgan fingerprint density at radius 2 is 1.70 bits per heavy atom. The molecule has 0 unspecified atom stereocenters. The Kier molecular flexibility index (Phi) is 4.53. The minimum absolute atomic E-state index is 0.675. The molecular formula is C15H21N5. The van der Waals surface area contributed by atoms with Crippen molar-refractivity contribution >= 4 is 17.3 Å². The highest BCUT2D eigenvalue weighted by atomic mass is 15.3. The van der Waals surface area contributed by atoms with Gasteiger partial charge in [0.25, 0.3) is 0 Å². The lowest BCUT2D eigenvalue weighted by atomic mass is 10.1. The van der Waals surface area contributed by atoms with Gasteiger partial charge in [0.15, 0.2) is 0 Å². The summed E-state index contributed by atoms with van der Waals surface area (Å²) >= 11 is 0. The first-order valence-corrected chi connectivity index (χ1v) is 6.79. The van der Waals surface area contributed by atoms with E-state index in [2.05, 4.69) is 59.7 Å². The second kappa shape index (κ2) is 6.34. The van der Waals surface area contributed by atoms with Gasteiger partial charge in [-0.05, 0) is 43.5 Å². The summed E-state index contributed by atoms with van der Waals surface area (Å²) in [5.74, 6) is 7.00. The number of nitrogens with two attached hydrogens (primary N) is 1. The largest absolute Gasteiger partial charge is 0.340 e. The van der Waals surface area contributed by atoms with Gasteiger partial charge in [-0.3, -0.25) is 0 Å². The molecule has 0 bridgehead atoms. The van der Waals surface area contributed by atoms with E-state index in [1.807, 2.05) is 0 Å². The molecule has 20 heavy (non-hydrogen) atoms. The first-order valence-electron chi connectivity index (χ1n) is 6.79. The fourth-order valence-electron chi connectivity index (χ4n) is 2.31. The average molecular weight is 271 g/mol. The molecule has 2 rings (SSSR count). The van der Waals surface area contributed by atoms with E-state index in [0.29, 0.717) is 5.82 Å². The van der Waals surface area contributed by atoms with E-state index in [1.165, 1.54) is 17.5 Å². The molecule has 0 aliphatic rings. The van der Waals surface area contributed by atoms with Crippen molar-refractivity contribution < 1.29 is 0 Å². The summed E-state index contributed by atoms with van der Waals surface area (Å²) < 4.78 is 0. The van der Waals surface area contributed by atoms with Crippen LogP contribution in [0.5, 0.6) is 0 Å². The van der Waals surface area contributed by atoms with Crippen LogP contribution in [0.15, 0.2) is 24.5 Å². The van der Waals surface area contributed by atoms with Crippen LogP contribution in [0.25, 0.3) is 0 Å². The van der Waals surface area contributed by atoms with Crippen LogP contribution in [0.3, 0.4) is 0 Å². The Labute approximate surface area is 119 Å². The predicted octanol–water partition coefficient (Wildman–Crippen LogP) is 3.08. The van der Waals surface area contributed by atoms with E-state index in [9.17, 15) is 0 Å². The first kappa shape index (κ1) is 14.3. The van der Waals surface area contributed by atoms with E-state index >= 15 is 0 Å². The maximum Gasteiger partial charge on any atom is 0.148 e. The van der Waals surface area contributed by atoms with Crippen LogP contribution in [-0.2, 0) is 6.42 Å². The summed E-state index contributed by atoms with van der Waals surface area (Å²) in [6, 6.07) is 6.34. The fraction of sp³-hybridized carbons (Fsp3) is 0.333. The molecule has 0 aliphatic heterocycles. The monoisotopic (exact) mass is 271 g/mol. The standard InChI is InChI=1S/C15H21N5/c1-4-5-13-14(17-9-18-15(13)20-16)19-12-7-10(2)6-11(3)8-12/h6-9H,4-5,16H2,1-3H3,(H2,17,18,19,20). The van der Waals surface area contributed by atoms with Crippen LogP contribution in [0.2, 0.25) is 0 Å². The molecule has 0 atom stereocenters. The summed E-state index contributed by atoms with van der Waals surface area (Å²) in [7, 11) is 0. The molecule has 0 amide bonds. The number of aryl methyl sites for hydroxylation is 2. The number of aromatic nitrogens is 2. The lowest BCUT2D eigenvalue weighted by molar-refractivity contribution is 0.903. The van der Waals surface area contributed by atoms with Crippen LogP contribution < -0.4 is 16.6 Å². The van der Waals surface area contributed by atoms with E-state index in [1.54, 1.807) is 0 Å². The molecule has 5 nitrogen and oxygen atoms in total. The number of hydrogen-bond acceptors (Lipinski definition) is 5. The number of nitrogens with zero attached hydrogens (tertiary/aromatic N) is 2. The zero-order chi connectivity index (χ0) is 14.5. The molecule has 1 aromatic carbocycles. The van der Waals surface area contributed by atoms with Crippen molar-refractivity contribution in [3.05, 3.63) is 41.2 Å². The topological polar surface area (TPSA) is 75.9 Å². The fourth-order valence-corrected chi connectivity index (χ4v) is 2.31. The Bertz CT molecular complexity index is 575. The second-order valence-corrected chi connectivity index (χ2v) is 4.95. The number of hydrogen-bond donors (Lipinski definition) is 3. The number of rotatable bonds is 5. The van der Waals surface area contributed by atoms with Crippen molar-refractivity contribution in [1.29, 1.82) is 0 Å². The normalized spacial score (nSPS) is 10.4. The summed E-state index contributed by atoms with van der Waals surface area (Å²) in [4.78, 5) is 8.51. The van der Waals surface area contributed by atoms with Gasteiger partial charge in [-0.1, -0.05) is 19.4 Å². The smallest absolute Gasteiger partial charge is 0.148 e. The molecule has 0 aliphatic carbocycles. The maximum absolute atomic E-state index is 5.52. The van der Waals surface area contributed by atoms with Gasteiger partial charge in [0.05, 0.1) is 0 Å². The lowest BCUT2D eigenvalue weighted by Crippen LogP contribution is -2.13. The van der Waals surface area contributed by atoms with Crippen molar-refractivity contribution in [3.8, 4) is 0 Å². The SMILES string of the molecule is CCCc1c(NN)ncnc1Nc1cc(C)cc(C)c1. The van der Waals surface area contributed by atoms with E-state index < -0.39 is 0 Å². The molecule has 0 spiro atoms.